The Kier molecular flexibility index (Phi) is 4.31. The van der Waals surface area contributed by atoms with Crippen molar-refractivity contribution in [3.8, 4) is 0 Å². The smallest absolute Gasteiger partial charge is 0.338 e. The summed E-state index contributed by atoms with van der Waals surface area (Å²) in [6.07, 6.45) is 1.06. The summed E-state index contributed by atoms with van der Waals surface area (Å²) >= 11 is 0. The molecule has 8 heteroatoms. The fourth-order valence-electron chi connectivity index (χ4n) is 1.92. The van der Waals surface area contributed by atoms with E-state index in [9.17, 15) is 24.1 Å². The molecule has 0 bridgehead atoms. The van der Waals surface area contributed by atoms with Crippen LogP contribution < -0.4 is 5.56 Å². The molecule has 22 heavy (non-hydrogen) atoms. The van der Waals surface area contributed by atoms with Crippen LogP contribution in [0.5, 0.6) is 0 Å². The number of hydrogen-bond acceptors (Lipinski definition) is 5. The molecule has 0 aliphatic rings. The molecule has 0 N–H and O–H groups in total. The molecule has 1 aromatic carbocycles. The van der Waals surface area contributed by atoms with E-state index in [1.54, 1.807) is 0 Å². The van der Waals surface area contributed by atoms with Gasteiger partial charge in [-0.15, -0.1) is 0 Å². The molecule has 0 spiro atoms. The highest BCUT2D eigenvalue weighted by molar-refractivity contribution is 5.91. The molecular weight excluding hydrogens is 295 g/mol. The van der Waals surface area contributed by atoms with Crippen molar-refractivity contribution < 1.29 is 18.8 Å². The van der Waals surface area contributed by atoms with Crippen molar-refractivity contribution in [2.24, 2.45) is 0 Å². The van der Waals surface area contributed by atoms with E-state index in [1.165, 1.54) is 6.07 Å². The molecular formula is C14H11FN2O5. The standard InChI is InChI=1S/C14H11FN2O5/c1-22-14(19)12-6-10(15)3-2-9(12)7-16-8-11(17(20)21)4-5-13(16)18/h2-6,8H,7H2,1H3. The number of esters is 1. The van der Waals surface area contributed by atoms with Gasteiger partial charge in [-0.3, -0.25) is 14.9 Å². The van der Waals surface area contributed by atoms with Crippen LogP contribution in [0.25, 0.3) is 0 Å². The SMILES string of the molecule is COC(=O)c1cc(F)ccc1Cn1cc([N+](=O)[O-])ccc1=O. The van der Waals surface area contributed by atoms with Crippen molar-refractivity contribution in [2.45, 2.75) is 6.54 Å². The summed E-state index contributed by atoms with van der Waals surface area (Å²) in [6.45, 7) is -0.120. The number of rotatable bonds is 4. The summed E-state index contributed by atoms with van der Waals surface area (Å²) in [5, 5.41) is 10.7. The Morgan fingerprint density at radius 3 is 2.73 bits per heavy atom. The molecule has 0 unspecified atom stereocenters. The first-order valence-electron chi connectivity index (χ1n) is 6.14. The van der Waals surface area contributed by atoms with Gasteiger partial charge in [0.25, 0.3) is 11.2 Å². The maximum Gasteiger partial charge on any atom is 0.338 e. The van der Waals surface area contributed by atoms with Crippen LogP contribution in [0.3, 0.4) is 0 Å². The average molecular weight is 306 g/mol. The number of nitro groups is 1. The predicted molar refractivity (Wildman–Crippen MR) is 74.2 cm³/mol. The number of benzene rings is 1. The average Bonchev–Trinajstić information content (AvgIpc) is 2.50. The lowest BCUT2D eigenvalue weighted by Crippen LogP contribution is -2.21. The molecule has 0 radical (unpaired) electrons. The van der Waals surface area contributed by atoms with Crippen LogP contribution >= 0.6 is 0 Å². The number of methoxy groups -OCH3 is 1. The number of aromatic nitrogens is 1. The first-order valence-corrected chi connectivity index (χ1v) is 6.14. The first kappa shape index (κ1) is 15.4. The third kappa shape index (κ3) is 3.17. The minimum atomic E-state index is -0.757. The van der Waals surface area contributed by atoms with Crippen LogP contribution in [-0.2, 0) is 11.3 Å². The maximum absolute atomic E-state index is 13.3. The van der Waals surface area contributed by atoms with Crippen LogP contribution in [0.2, 0.25) is 0 Å². The summed E-state index contributed by atoms with van der Waals surface area (Å²) in [5.74, 6) is -1.39. The van der Waals surface area contributed by atoms with E-state index >= 15 is 0 Å². The lowest BCUT2D eigenvalue weighted by molar-refractivity contribution is -0.385. The van der Waals surface area contributed by atoms with Gasteiger partial charge in [-0.05, 0) is 17.7 Å². The second kappa shape index (κ2) is 6.17. The van der Waals surface area contributed by atoms with Crippen LogP contribution in [0.1, 0.15) is 15.9 Å². The third-order valence-corrected chi connectivity index (χ3v) is 3.00. The van der Waals surface area contributed by atoms with E-state index in [1.807, 2.05) is 0 Å². The van der Waals surface area contributed by atoms with Gasteiger partial charge < -0.3 is 9.30 Å². The van der Waals surface area contributed by atoms with Gasteiger partial charge in [-0.1, -0.05) is 6.07 Å². The molecule has 2 aromatic rings. The number of carbonyl (C=O) groups is 1. The topological polar surface area (TPSA) is 91.4 Å². The summed E-state index contributed by atoms with van der Waals surface area (Å²) in [7, 11) is 1.15. The van der Waals surface area contributed by atoms with Crippen LogP contribution in [0.4, 0.5) is 10.1 Å². The van der Waals surface area contributed by atoms with Crippen molar-refractivity contribution >= 4 is 11.7 Å². The Morgan fingerprint density at radius 1 is 1.36 bits per heavy atom. The Hall–Kier alpha value is -3.03. The van der Waals surface area contributed by atoms with Crippen molar-refractivity contribution in [3.05, 3.63) is 73.9 Å². The number of pyridine rings is 1. The minimum Gasteiger partial charge on any atom is -0.465 e. The fourth-order valence-corrected chi connectivity index (χ4v) is 1.92. The van der Waals surface area contributed by atoms with Crippen molar-refractivity contribution in [1.29, 1.82) is 0 Å². The van der Waals surface area contributed by atoms with E-state index in [2.05, 4.69) is 4.74 Å². The molecule has 1 aromatic heterocycles. The number of halogens is 1. The number of nitrogens with zero attached hydrogens (tertiary/aromatic N) is 2. The molecule has 7 nitrogen and oxygen atoms in total. The Labute approximate surface area is 123 Å². The number of ether oxygens (including phenoxy) is 1. The monoisotopic (exact) mass is 306 g/mol. The number of hydrogen-bond donors (Lipinski definition) is 0. The normalized spacial score (nSPS) is 10.3. The van der Waals surface area contributed by atoms with Gasteiger partial charge in [0, 0.05) is 12.1 Å². The van der Waals surface area contributed by atoms with E-state index in [0.29, 0.717) is 5.56 Å². The zero-order valence-electron chi connectivity index (χ0n) is 11.5. The highest BCUT2D eigenvalue weighted by atomic mass is 19.1. The molecule has 0 atom stereocenters. The third-order valence-electron chi connectivity index (χ3n) is 3.00. The highest BCUT2D eigenvalue weighted by Gasteiger charge is 2.15. The van der Waals surface area contributed by atoms with Gasteiger partial charge in [0.2, 0.25) is 0 Å². The molecule has 114 valence electrons. The predicted octanol–water partition coefficient (Wildman–Crippen LogP) is 1.73. The summed E-state index contributed by atoms with van der Waals surface area (Å²) in [4.78, 5) is 33.5. The minimum absolute atomic E-state index is 0.0408. The van der Waals surface area contributed by atoms with Gasteiger partial charge in [-0.25, -0.2) is 9.18 Å². The van der Waals surface area contributed by atoms with Gasteiger partial charge in [0.05, 0.1) is 30.3 Å². The molecule has 2 rings (SSSR count). The maximum atomic E-state index is 13.3. The Bertz CT molecular complexity index is 800. The molecule has 0 aliphatic heterocycles. The lowest BCUT2D eigenvalue weighted by Gasteiger charge is -2.10. The van der Waals surface area contributed by atoms with Gasteiger partial charge >= 0.3 is 5.97 Å². The summed E-state index contributed by atoms with van der Waals surface area (Å²) in [5.41, 5.74) is -0.469. The van der Waals surface area contributed by atoms with Crippen LogP contribution in [0, 0.1) is 15.9 Å². The van der Waals surface area contributed by atoms with E-state index in [4.69, 9.17) is 0 Å². The lowest BCUT2D eigenvalue weighted by atomic mass is 10.1. The summed E-state index contributed by atoms with van der Waals surface area (Å²) in [6, 6.07) is 5.59. The molecule has 0 saturated carbocycles. The van der Waals surface area contributed by atoms with E-state index < -0.39 is 22.3 Å². The molecule has 0 fully saturated rings. The quantitative estimate of drug-likeness (QED) is 0.487. The van der Waals surface area contributed by atoms with E-state index in [-0.39, 0.29) is 17.8 Å². The van der Waals surface area contributed by atoms with E-state index in [0.717, 1.165) is 42.1 Å². The second-order valence-corrected chi connectivity index (χ2v) is 4.40. The Balaban J connectivity index is 2.47. The Morgan fingerprint density at radius 2 is 2.09 bits per heavy atom. The van der Waals surface area contributed by atoms with Crippen LogP contribution in [0.15, 0.2) is 41.3 Å². The zero-order valence-corrected chi connectivity index (χ0v) is 11.5. The zero-order chi connectivity index (χ0) is 16.3. The van der Waals surface area contributed by atoms with Crippen molar-refractivity contribution in [2.75, 3.05) is 7.11 Å². The van der Waals surface area contributed by atoms with Crippen molar-refractivity contribution in [3.63, 3.8) is 0 Å². The summed E-state index contributed by atoms with van der Waals surface area (Å²) < 4.78 is 18.9. The van der Waals surface area contributed by atoms with Crippen molar-refractivity contribution in [1.82, 2.24) is 4.57 Å². The van der Waals surface area contributed by atoms with Gasteiger partial charge in [0.15, 0.2) is 0 Å². The molecule has 0 aliphatic carbocycles. The largest absolute Gasteiger partial charge is 0.465 e. The second-order valence-electron chi connectivity index (χ2n) is 4.40. The number of carbonyl (C=O) groups excluding carboxylic acids is 1. The highest BCUT2D eigenvalue weighted by Crippen LogP contribution is 2.15. The van der Waals surface area contributed by atoms with Crippen LogP contribution in [-0.4, -0.2) is 22.6 Å². The molecule has 1 heterocycles. The first-order chi connectivity index (χ1) is 10.4. The molecule has 0 saturated heterocycles. The van der Waals surface area contributed by atoms with Gasteiger partial charge in [-0.2, -0.15) is 0 Å². The molecule has 0 amide bonds. The fraction of sp³-hybridized carbons (Fsp3) is 0.143. The van der Waals surface area contributed by atoms with Gasteiger partial charge in [0.1, 0.15) is 5.82 Å².